The Labute approximate surface area is 175 Å². The van der Waals surface area contributed by atoms with Crippen LogP contribution in [-0.2, 0) is 22.4 Å². The molecule has 2 aromatic rings. The van der Waals surface area contributed by atoms with E-state index in [1.54, 1.807) is 24.3 Å². The van der Waals surface area contributed by atoms with Crippen LogP contribution in [0.15, 0.2) is 28.7 Å². The van der Waals surface area contributed by atoms with Crippen LogP contribution in [0.25, 0.3) is 0 Å². The molecule has 1 aromatic heterocycles. The van der Waals surface area contributed by atoms with Crippen molar-refractivity contribution in [3.8, 4) is 0 Å². The lowest BCUT2D eigenvalue weighted by atomic mass is 9.95. The van der Waals surface area contributed by atoms with Crippen LogP contribution in [0.5, 0.6) is 0 Å². The van der Waals surface area contributed by atoms with Gasteiger partial charge < -0.3 is 15.8 Å². The third kappa shape index (κ3) is 4.99. The first kappa shape index (κ1) is 20.5. The second-order valence-electron chi connectivity index (χ2n) is 6.55. The SMILES string of the molecule is NC(=O)c1c(NCCC(=O)OCC(=O)c2ccc(Br)cc2)sc2c1CCCC2. The highest BCUT2D eigenvalue weighted by Crippen LogP contribution is 2.37. The summed E-state index contributed by atoms with van der Waals surface area (Å²) in [7, 11) is 0. The number of carbonyl (C=O) groups is 3. The number of aryl methyl sites for hydroxylation is 1. The van der Waals surface area contributed by atoms with E-state index in [1.807, 2.05) is 0 Å². The van der Waals surface area contributed by atoms with E-state index in [9.17, 15) is 14.4 Å². The molecule has 0 fully saturated rings. The molecule has 8 heteroatoms. The average molecular weight is 465 g/mol. The van der Waals surface area contributed by atoms with Gasteiger partial charge in [0.25, 0.3) is 5.91 Å². The highest BCUT2D eigenvalue weighted by Gasteiger charge is 2.23. The van der Waals surface area contributed by atoms with E-state index in [1.165, 1.54) is 16.2 Å². The first-order chi connectivity index (χ1) is 13.5. The molecule has 0 bridgehead atoms. The maximum absolute atomic E-state index is 12.0. The molecule has 3 N–H and O–H groups in total. The smallest absolute Gasteiger partial charge is 0.308 e. The number of nitrogens with two attached hydrogens (primary N) is 1. The summed E-state index contributed by atoms with van der Waals surface area (Å²) in [6.45, 7) is 0.0191. The van der Waals surface area contributed by atoms with Gasteiger partial charge in [-0.15, -0.1) is 11.3 Å². The third-order valence-corrected chi connectivity index (χ3v) is 6.34. The summed E-state index contributed by atoms with van der Waals surface area (Å²) < 4.78 is 5.93. The number of primary amides is 1. The lowest BCUT2D eigenvalue weighted by Gasteiger charge is -2.11. The largest absolute Gasteiger partial charge is 0.457 e. The Morgan fingerprint density at radius 3 is 2.57 bits per heavy atom. The fourth-order valence-electron chi connectivity index (χ4n) is 3.17. The number of fused-ring (bicyclic) bond motifs is 1. The number of esters is 1. The Morgan fingerprint density at radius 1 is 1.14 bits per heavy atom. The fraction of sp³-hybridized carbons (Fsp3) is 0.350. The minimum Gasteiger partial charge on any atom is -0.457 e. The normalized spacial score (nSPS) is 12.9. The molecule has 0 atom stereocenters. The molecule has 1 aromatic carbocycles. The summed E-state index contributed by atoms with van der Waals surface area (Å²) in [5.74, 6) is -1.17. The highest BCUT2D eigenvalue weighted by molar-refractivity contribution is 9.10. The van der Waals surface area contributed by atoms with Gasteiger partial charge in [0.1, 0.15) is 5.00 Å². The monoisotopic (exact) mass is 464 g/mol. The van der Waals surface area contributed by atoms with Gasteiger partial charge in [-0.05, 0) is 43.4 Å². The Balaban J connectivity index is 1.49. The Bertz CT molecular complexity index is 892. The second kappa shape index (κ2) is 9.34. The van der Waals surface area contributed by atoms with E-state index < -0.39 is 11.9 Å². The lowest BCUT2D eigenvalue weighted by Crippen LogP contribution is -2.18. The van der Waals surface area contributed by atoms with Gasteiger partial charge >= 0.3 is 5.97 Å². The number of hydrogen-bond donors (Lipinski definition) is 2. The van der Waals surface area contributed by atoms with Crippen molar-refractivity contribution < 1.29 is 19.1 Å². The number of benzene rings is 1. The van der Waals surface area contributed by atoms with E-state index in [-0.39, 0.29) is 18.8 Å². The predicted octanol–water partition coefficient (Wildman–Crippen LogP) is 3.72. The van der Waals surface area contributed by atoms with E-state index in [0.29, 0.717) is 17.7 Å². The summed E-state index contributed by atoms with van der Waals surface area (Å²) in [5, 5.41) is 3.86. The van der Waals surface area contributed by atoms with Crippen molar-refractivity contribution >= 4 is 49.9 Å². The molecule has 3 rings (SSSR count). The molecule has 148 valence electrons. The van der Waals surface area contributed by atoms with Crippen LogP contribution in [0, 0.1) is 0 Å². The van der Waals surface area contributed by atoms with Crippen LogP contribution in [0.2, 0.25) is 0 Å². The van der Waals surface area contributed by atoms with Crippen molar-refractivity contribution in [3.63, 3.8) is 0 Å². The number of thiophene rings is 1. The summed E-state index contributed by atoms with van der Waals surface area (Å²) in [6, 6.07) is 6.86. The molecule has 1 heterocycles. The van der Waals surface area contributed by atoms with Gasteiger partial charge in [-0.2, -0.15) is 0 Å². The van der Waals surface area contributed by atoms with Crippen LogP contribution in [-0.4, -0.2) is 30.8 Å². The molecule has 0 unspecified atom stereocenters. The summed E-state index contributed by atoms with van der Waals surface area (Å²) in [5.41, 5.74) is 7.65. The molecule has 28 heavy (non-hydrogen) atoms. The number of hydrogen-bond acceptors (Lipinski definition) is 6. The minimum atomic E-state index is -0.472. The number of Topliss-reactive ketones (excluding diaryl/α,β-unsaturated/α-hetero) is 1. The molecule has 0 saturated heterocycles. The molecule has 0 aliphatic heterocycles. The predicted molar refractivity (Wildman–Crippen MR) is 112 cm³/mol. The number of halogens is 1. The van der Waals surface area contributed by atoms with Gasteiger partial charge in [0.2, 0.25) is 0 Å². The zero-order valence-corrected chi connectivity index (χ0v) is 17.7. The quantitative estimate of drug-likeness (QED) is 0.458. The molecule has 0 radical (unpaired) electrons. The standard InChI is InChI=1S/C20H21BrN2O4S/c21-13-7-5-12(6-8-13)15(24)11-27-17(25)9-10-23-20-18(19(22)26)14-3-1-2-4-16(14)28-20/h5-8,23H,1-4,9-11H2,(H2,22,26). The Hall–Kier alpha value is -2.19. The van der Waals surface area contributed by atoms with E-state index in [2.05, 4.69) is 21.2 Å². The molecular formula is C20H21BrN2O4S. The Morgan fingerprint density at radius 2 is 1.86 bits per heavy atom. The number of anilines is 1. The van der Waals surface area contributed by atoms with Gasteiger partial charge in [-0.1, -0.05) is 28.1 Å². The van der Waals surface area contributed by atoms with E-state index >= 15 is 0 Å². The molecule has 1 aliphatic carbocycles. The molecule has 1 aliphatic rings. The number of ketones is 1. The van der Waals surface area contributed by atoms with Crippen LogP contribution >= 0.6 is 27.3 Å². The minimum absolute atomic E-state index is 0.0917. The fourth-order valence-corrected chi connectivity index (χ4v) is 4.75. The first-order valence-electron chi connectivity index (χ1n) is 9.08. The van der Waals surface area contributed by atoms with Crippen LogP contribution in [0.3, 0.4) is 0 Å². The molecule has 0 spiro atoms. The zero-order valence-electron chi connectivity index (χ0n) is 15.3. The molecule has 6 nitrogen and oxygen atoms in total. The van der Waals surface area contributed by atoms with Gasteiger partial charge in [-0.25, -0.2) is 0 Å². The van der Waals surface area contributed by atoms with Crippen LogP contribution in [0.4, 0.5) is 5.00 Å². The van der Waals surface area contributed by atoms with E-state index in [4.69, 9.17) is 10.5 Å². The number of nitrogens with one attached hydrogen (secondary N) is 1. The topological polar surface area (TPSA) is 98.5 Å². The number of rotatable bonds is 8. The summed E-state index contributed by atoms with van der Waals surface area (Å²) in [6.07, 6.45) is 4.09. The average Bonchev–Trinajstić information content (AvgIpc) is 3.05. The molecular weight excluding hydrogens is 444 g/mol. The van der Waals surface area contributed by atoms with Crippen molar-refractivity contribution in [1.82, 2.24) is 0 Å². The lowest BCUT2D eigenvalue weighted by molar-refractivity contribution is -0.142. The summed E-state index contributed by atoms with van der Waals surface area (Å²) in [4.78, 5) is 37.0. The van der Waals surface area contributed by atoms with Crippen molar-refractivity contribution in [2.75, 3.05) is 18.5 Å². The number of amides is 1. The third-order valence-electron chi connectivity index (χ3n) is 4.56. The van der Waals surface area contributed by atoms with Gasteiger partial charge in [-0.3, -0.25) is 14.4 Å². The summed E-state index contributed by atoms with van der Waals surface area (Å²) >= 11 is 4.84. The van der Waals surface area contributed by atoms with Crippen molar-refractivity contribution in [1.29, 1.82) is 0 Å². The number of ether oxygens (including phenoxy) is 1. The second-order valence-corrected chi connectivity index (χ2v) is 8.57. The molecule has 0 saturated carbocycles. The van der Waals surface area contributed by atoms with Crippen molar-refractivity contribution in [2.45, 2.75) is 32.1 Å². The van der Waals surface area contributed by atoms with Gasteiger partial charge in [0, 0.05) is 21.5 Å². The first-order valence-corrected chi connectivity index (χ1v) is 10.7. The number of carbonyl (C=O) groups excluding carboxylic acids is 3. The molecule has 1 amide bonds. The van der Waals surface area contributed by atoms with E-state index in [0.717, 1.165) is 40.7 Å². The van der Waals surface area contributed by atoms with Gasteiger partial charge in [0.05, 0.1) is 12.0 Å². The highest BCUT2D eigenvalue weighted by atomic mass is 79.9. The van der Waals surface area contributed by atoms with Crippen molar-refractivity contribution in [3.05, 3.63) is 50.3 Å². The maximum Gasteiger partial charge on any atom is 0.308 e. The van der Waals surface area contributed by atoms with Crippen molar-refractivity contribution in [2.24, 2.45) is 5.73 Å². The van der Waals surface area contributed by atoms with Crippen LogP contribution in [0.1, 0.15) is 50.4 Å². The van der Waals surface area contributed by atoms with Crippen LogP contribution < -0.4 is 11.1 Å². The zero-order chi connectivity index (χ0) is 20.1. The Kier molecular flexibility index (Phi) is 6.85. The van der Waals surface area contributed by atoms with Gasteiger partial charge in [0.15, 0.2) is 12.4 Å². The maximum atomic E-state index is 12.0.